The minimum Gasteiger partial charge on any atom is -0.335 e. The second-order valence-electron chi connectivity index (χ2n) is 6.05. The van der Waals surface area contributed by atoms with Crippen LogP contribution < -0.4 is 5.32 Å². The van der Waals surface area contributed by atoms with Crippen molar-refractivity contribution >= 4 is 17.2 Å². The summed E-state index contributed by atoms with van der Waals surface area (Å²) in [5, 5.41) is 7.69. The van der Waals surface area contributed by atoms with Crippen molar-refractivity contribution in [1.29, 1.82) is 0 Å². The number of likely N-dealkylation sites (tertiary alicyclic amines) is 1. The highest BCUT2D eigenvalue weighted by molar-refractivity contribution is 7.07. The average molecular weight is 278 g/mol. The molecule has 104 valence electrons. The van der Waals surface area contributed by atoms with E-state index in [1.165, 1.54) is 5.56 Å². The number of amides is 1. The molecule has 1 aromatic heterocycles. The van der Waals surface area contributed by atoms with Gasteiger partial charge in [0, 0.05) is 13.1 Å². The number of hydrogen-bond acceptors (Lipinski definition) is 3. The Morgan fingerprint density at radius 1 is 1.53 bits per heavy atom. The van der Waals surface area contributed by atoms with E-state index in [9.17, 15) is 4.79 Å². The van der Waals surface area contributed by atoms with Crippen LogP contribution in [0.4, 0.5) is 0 Å². The zero-order valence-corrected chi connectivity index (χ0v) is 12.3. The smallest absolute Gasteiger partial charge is 0.230 e. The third-order valence-electron chi connectivity index (χ3n) is 4.56. The number of rotatable bonds is 2. The molecule has 2 unspecified atom stereocenters. The van der Waals surface area contributed by atoms with Crippen LogP contribution in [0.1, 0.15) is 44.2 Å². The van der Waals surface area contributed by atoms with E-state index in [-0.39, 0.29) is 5.41 Å². The van der Waals surface area contributed by atoms with Gasteiger partial charge in [-0.25, -0.2) is 0 Å². The second kappa shape index (κ2) is 5.25. The molecular weight excluding hydrogens is 256 g/mol. The monoisotopic (exact) mass is 278 g/mol. The number of nitrogens with one attached hydrogen (secondary N) is 1. The van der Waals surface area contributed by atoms with Crippen LogP contribution in [-0.4, -0.2) is 30.4 Å². The Morgan fingerprint density at radius 3 is 3.11 bits per heavy atom. The average Bonchev–Trinajstić information content (AvgIpc) is 3.09. The molecule has 0 radical (unpaired) electrons. The van der Waals surface area contributed by atoms with Gasteiger partial charge in [-0.3, -0.25) is 4.79 Å². The number of thiophene rings is 1. The van der Waals surface area contributed by atoms with E-state index in [4.69, 9.17) is 0 Å². The zero-order valence-electron chi connectivity index (χ0n) is 11.5. The van der Waals surface area contributed by atoms with Gasteiger partial charge < -0.3 is 10.2 Å². The maximum atomic E-state index is 12.9. The van der Waals surface area contributed by atoms with E-state index in [1.54, 1.807) is 11.3 Å². The fourth-order valence-electron chi connectivity index (χ4n) is 3.41. The Hall–Kier alpha value is -0.870. The molecular formula is C15H22N2OS. The number of nitrogens with zero attached hydrogens (tertiary/aromatic N) is 1. The quantitative estimate of drug-likeness (QED) is 0.902. The minimum absolute atomic E-state index is 0.198. The van der Waals surface area contributed by atoms with Crippen molar-refractivity contribution in [2.75, 3.05) is 19.6 Å². The van der Waals surface area contributed by atoms with E-state index in [0.29, 0.717) is 11.9 Å². The predicted molar refractivity (Wildman–Crippen MR) is 78.2 cm³/mol. The van der Waals surface area contributed by atoms with Crippen LogP contribution in [0, 0.1) is 5.41 Å². The normalized spacial score (nSPS) is 31.6. The van der Waals surface area contributed by atoms with Crippen molar-refractivity contribution in [3.63, 3.8) is 0 Å². The van der Waals surface area contributed by atoms with E-state index in [1.807, 2.05) is 0 Å². The van der Waals surface area contributed by atoms with Gasteiger partial charge in [-0.2, -0.15) is 11.3 Å². The topological polar surface area (TPSA) is 32.3 Å². The molecule has 0 spiro atoms. The van der Waals surface area contributed by atoms with Gasteiger partial charge in [0.15, 0.2) is 0 Å². The molecule has 3 heterocycles. The molecule has 1 N–H and O–H groups in total. The highest BCUT2D eigenvalue weighted by atomic mass is 32.1. The summed E-state index contributed by atoms with van der Waals surface area (Å²) in [7, 11) is 0. The lowest BCUT2D eigenvalue weighted by atomic mass is 9.81. The van der Waals surface area contributed by atoms with Gasteiger partial charge in [0.2, 0.25) is 5.91 Å². The van der Waals surface area contributed by atoms with Gasteiger partial charge >= 0.3 is 0 Å². The molecule has 2 fully saturated rings. The van der Waals surface area contributed by atoms with Crippen molar-refractivity contribution < 1.29 is 4.79 Å². The van der Waals surface area contributed by atoms with Crippen molar-refractivity contribution in [2.45, 2.75) is 38.6 Å². The first-order chi connectivity index (χ1) is 9.21. The standard InChI is InChI=1S/C15H22N2OS/c1-15(6-3-7-16-11-15)14(18)17-8-2-4-13(17)12-5-9-19-10-12/h5,9-10,13,16H,2-4,6-8,11H2,1H3. The van der Waals surface area contributed by atoms with Crippen LogP contribution >= 0.6 is 11.3 Å². The van der Waals surface area contributed by atoms with Crippen molar-refractivity contribution in [1.82, 2.24) is 10.2 Å². The van der Waals surface area contributed by atoms with Crippen molar-refractivity contribution in [2.24, 2.45) is 5.41 Å². The van der Waals surface area contributed by atoms with Gasteiger partial charge in [0.05, 0.1) is 11.5 Å². The SMILES string of the molecule is CC1(C(=O)N2CCCC2c2ccsc2)CCCNC1. The summed E-state index contributed by atoms with van der Waals surface area (Å²) in [6, 6.07) is 2.49. The maximum Gasteiger partial charge on any atom is 0.230 e. The molecule has 0 saturated carbocycles. The van der Waals surface area contributed by atoms with Crippen LogP contribution in [0.5, 0.6) is 0 Å². The summed E-state index contributed by atoms with van der Waals surface area (Å²) >= 11 is 1.72. The van der Waals surface area contributed by atoms with E-state index < -0.39 is 0 Å². The van der Waals surface area contributed by atoms with E-state index >= 15 is 0 Å². The van der Waals surface area contributed by atoms with Crippen LogP contribution in [0.15, 0.2) is 16.8 Å². The number of piperidine rings is 1. The summed E-state index contributed by atoms with van der Waals surface area (Å²) in [6.07, 6.45) is 4.38. The number of carbonyl (C=O) groups excluding carboxylic acids is 1. The van der Waals surface area contributed by atoms with E-state index in [2.05, 4.69) is 34.0 Å². The van der Waals surface area contributed by atoms with Crippen molar-refractivity contribution in [3.05, 3.63) is 22.4 Å². The molecule has 0 aromatic carbocycles. The molecule has 1 amide bonds. The first-order valence-electron chi connectivity index (χ1n) is 7.25. The predicted octanol–water partition coefficient (Wildman–Crippen LogP) is 2.80. The molecule has 2 aliphatic rings. The summed E-state index contributed by atoms with van der Waals surface area (Å²) in [5.41, 5.74) is 1.12. The van der Waals surface area contributed by atoms with Gasteiger partial charge in [-0.1, -0.05) is 0 Å². The van der Waals surface area contributed by atoms with Crippen molar-refractivity contribution in [3.8, 4) is 0 Å². The molecule has 2 atom stereocenters. The zero-order chi connectivity index (χ0) is 13.3. The van der Waals surface area contributed by atoms with Crippen LogP contribution in [0.3, 0.4) is 0 Å². The molecule has 2 aliphatic heterocycles. The Labute approximate surface area is 119 Å². The Morgan fingerprint density at radius 2 is 2.42 bits per heavy atom. The maximum absolute atomic E-state index is 12.9. The molecule has 0 aliphatic carbocycles. The largest absolute Gasteiger partial charge is 0.335 e. The molecule has 4 heteroatoms. The lowest BCUT2D eigenvalue weighted by molar-refractivity contribution is -0.143. The number of carbonyl (C=O) groups is 1. The van der Waals surface area contributed by atoms with Gasteiger partial charge in [0.1, 0.15) is 0 Å². The summed E-state index contributed by atoms with van der Waals surface area (Å²) < 4.78 is 0. The first-order valence-corrected chi connectivity index (χ1v) is 8.19. The summed E-state index contributed by atoms with van der Waals surface area (Å²) in [4.78, 5) is 15.1. The fourth-order valence-corrected chi connectivity index (χ4v) is 4.11. The van der Waals surface area contributed by atoms with Gasteiger partial charge in [-0.05, 0) is 61.5 Å². The molecule has 3 nitrogen and oxygen atoms in total. The molecule has 0 bridgehead atoms. The Balaban J connectivity index is 1.78. The first kappa shape index (κ1) is 13.1. The summed E-state index contributed by atoms with van der Waals surface area (Å²) in [6.45, 7) is 4.94. The van der Waals surface area contributed by atoms with Gasteiger partial charge in [-0.15, -0.1) is 0 Å². The molecule has 1 aromatic rings. The second-order valence-corrected chi connectivity index (χ2v) is 6.83. The minimum atomic E-state index is -0.198. The molecule has 3 rings (SSSR count). The molecule has 2 saturated heterocycles. The molecule has 19 heavy (non-hydrogen) atoms. The fraction of sp³-hybridized carbons (Fsp3) is 0.667. The van der Waals surface area contributed by atoms with Crippen LogP contribution in [-0.2, 0) is 4.79 Å². The van der Waals surface area contributed by atoms with Crippen LogP contribution in [0.25, 0.3) is 0 Å². The highest BCUT2D eigenvalue weighted by Gasteiger charge is 2.41. The Kier molecular flexibility index (Phi) is 3.63. The Bertz CT molecular complexity index is 437. The third kappa shape index (κ3) is 2.43. The third-order valence-corrected chi connectivity index (χ3v) is 5.26. The van der Waals surface area contributed by atoms with E-state index in [0.717, 1.165) is 45.3 Å². The van der Waals surface area contributed by atoms with Gasteiger partial charge in [0.25, 0.3) is 0 Å². The van der Waals surface area contributed by atoms with Crippen LogP contribution in [0.2, 0.25) is 0 Å². The highest BCUT2D eigenvalue weighted by Crippen LogP contribution is 2.38. The number of hydrogen-bond donors (Lipinski definition) is 1. The lowest BCUT2D eigenvalue weighted by Crippen LogP contribution is -2.50. The summed E-state index contributed by atoms with van der Waals surface area (Å²) in [5.74, 6) is 0.355. The lowest BCUT2D eigenvalue weighted by Gasteiger charge is -2.38.